The maximum absolute atomic E-state index is 5.92. The summed E-state index contributed by atoms with van der Waals surface area (Å²) in [6.07, 6.45) is 5.34. The second-order valence-electron chi connectivity index (χ2n) is 3.55. The first-order valence-electron chi connectivity index (χ1n) is 5.30. The summed E-state index contributed by atoms with van der Waals surface area (Å²) in [5, 5.41) is 0.780. The normalized spacial score (nSPS) is 11.1. The highest BCUT2D eigenvalue weighted by atomic mass is 35.5. The molecular weight excluding hydrogens is 236 g/mol. The predicted molar refractivity (Wildman–Crippen MR) is 74.1 cm³/mol. The molecule has 0 N–H and O–H groups in total. The molecule has 0 aliphatic carbocycles. The van der Waals surface area contributed by atoms with Crippen LogP contribution in [0.3, 0.4) is 0 Å². The van der Waals surface area contributed by atoms with E-state index in [1.165, 1.54) is 9.75 Å². The molecule has 0 bridgehead atoms. The fourth-order valence-corrected chi connectivity index (χ4v) is 2.52. The standard InChI is InChI=1S/C14H13ClS/c1-2-13-8-9-14(16-13)7-6-11-4-3-5-12(15)10-11/h3-10H,2H2,1H3/b7-6+. The molecule has 0 radical (unpaired) electrons. The van der Waals surface area contributed by atoms with E-state index in [1.54, 1.807) is 0 Å². The fraction of sp³-hybridized carbons (Fsp3) is 0.143. The summed E-state index contributed by atoms with van der Waals surface area (Å²) >= 11 is 7.76. The summed E-state index contributed by atoms with van der Waals surface area (Å²) in [6, 6.07) is 12.2. The van der Waals surface area contributed by atoms with Gasteiger partial charge >= 0.3 is 0 Å². The van der Waals surface area contributed by atoms with Gasteiger partial charge in [-0.2, -0.15) is 0 Å². The third kappa shape index (κ3) is 2.97. The number of hydrogen-bond acceptors (Lipinski definition) is 1. The van der Waals surface area contributed by atoms with E-state index in [9.17, 15) is 0 Å². The number of benzene rings is 1. The largest absolute Gasteiger partial charge is 0.141 e. The van der Waals surface area contributed by atoms with Crippen LogP contribution in [0.1, 0.15) is 22.2 Å². The Morgan fingerprint density at radius 2 is 2.06 bits per heavy atom. The van der Waals surface area contributed by atoms with Gasteiger partial charge < -0.3 is 0 Å². The van der Waals surface area contributed by atoms with E-state index in [1.807, 2.05) is 29.5 Å². The molecule has 16 heavy (non-hydrogen) atoms. The van der Waals surface area contributed by atoms with Crippen molar-refractivity contribution in [3.05, 3.63) is 56.7 Å². The van der Waals surface area contributed by atoms with Crippen LogP contribution in [-0.4, -0.2) is 0 Å². The zero-order chi connectivity index (χ0) is 11.4. The van der Waals surface area contributed by atoms with Gasteiger partial charge in [-0.05, 0) is 42.3 Å². The monoisotopic (exact) mass is 248 g/mol. The Bertz CT molecular complexity index is 497. The van der Waals surface area contributed by atoms with Crippen LogP contribution in [0.15, 0.2) is 36.4 Å². The Labute approximate surface area is 105 Å². The minimum absolute atomic E-state index is 0.780. The maximum Gasteiger partial charge on any atom is 0.0411 e. The van der Waals surface area contributed by atoms with Crippen LogP contribution in [0.2, 0.25) is 5.02 Å². The van der Waals surface area contributed by atoms with Crippen molar-refractivity contribution in [1.29, 1.82) is 0 Å². The van der Waals surface area contributed by atoms with E-state index in [4.69, 9.17) is 11.6 Å². The highest BCUT2D eigenvalue weighted by molar-refractivity contribution is 7.12. The Morgan fingerprint density at radius 1 is 1.19 bits per heavy atom. The number of aryl methyl sites for hydroxylation is 1. The second-order valence-corrected chi connectivity index (χ2v) is 5.18. The molecule has 2 rings (SSSR count). The van der Waals surface area contributed by atoms with E-state index in [0.717, 1.165) is 17.0 Å². The molecule has 0 atom stereocenters. The fourth-order valence-electron chi connectivity index (χ4n) is 1.46. The zero-order valence-electron chi connectivity index (χ0n) is 9.11. The average Bonchev–Trinajstić information content (AvgIpc) is 2.74. The van der Waals surface area contributed by atoms with Crippen molar-refractivity contribution in [2.75, 3.05) is 0 Å². The van der Waals surface area contributed by atoms with Crippen LogP contribution in [-0.2, 0) is 6.42 Å². The molecule has 0 unspecified atom stereocenters. The third-order valence-corrected chi connectivity index (χ3v) is 3.75. The minimum Gasteiger partial charge on any atom is -0.141 e. The van der Waals surface area contributed by atoms with Crippen molar-refractivity contribution < 1.29 is 0 Å². The van der Waals surface area contributed by atoms with E-state index < -0.39 is 0 Å². The van der Waals surface area contributed by atoms with Crippen LogP contribution in [0, 0.1) is 0 Å². The van der Waals surface area contributed by atoms with E-state index in [2.05, 4.69) is 37.3 Å². The van der Waals surface area contributed by atoms with Crippen molar-refractivity contribution in [2.24, 2.45) is 0 Å². The van der Waals surface area contributed by atoms with Gasteiger partial charge in [-0.15, -0.1) is 11.3 Å². The number of halogens is 1. The van der Waals surface area contributed by atoms with Gasteiger partial charge in [0.25, 0.3) is 0 Å². The summed E-state index contributed by atoms with van der Waals surface area (Å²) < 4.78 is 0. The Morgan fingerprint density at radius 3 is 2.75 bits per heavy atom. The summed E-state index contributed by atoms with van der Waals surface area (Å²) in [7, 11) is 0. The molecule has 2 heteroatoms. The van der Waals surface area contributed by atoms with Crippen LogP contribution in [0.4, 0.5) is 0 Å². The highest BCUT2D eigenvalue weighted by Crippen LogP contribution is 2.20. The summed E-state index contributed by atoms with van der Waals surface area (Å²) in [5.74, 6) is 0. The van der Waals surface area contributed by atoms with Crippen molar-refractivity contribution in [1.82, 2.24) is 0 Å². The molecule has 0 aliphatic heterocycles. The van der Waals surface area contributed by atoms with E-state index in [0.29, 0.717) is 0 Å². The first-order valence-corrected chi connectivity index (χ1v) is 6.50. The van der Waals surface area contributed by atoms with Gasteiger partial charge in [0.15, 0.2) is 0 Å². The first-order chi connectivity index (χ1) is 7.78. The van der Waals surface area contributed by atoms with Gasteiger partial charge in [0.2, 0.25) is 0 Å². The lowest BCUT2D eigenvalue weighted by atomic mass is 10.2. The lowest BCUT2D eigenvalue weighted by Crippen LogP contribution is -1.70. The number of thiophene rings is 1. The van der Waals surface area contributed by atoms with Gasteiger partial charge in [-0.25, -0.2) is 0 Å². The molecule has 0 fully saturated rings. The third-order valence-electron chi connectivity index (χ3n) is 2.32. The number of rotatable bonds is 3. The highest BCUT2D eigenvalue weighted by Gasteiger charge is 1.94. The van der Waals surface area contributed by atoms with Crippen molar-refractivity contribution in [3.8, 4) is 0 Å². The Kier molecular flexibility index (Phi) is 3.81. The van der Waals surface area contributed by atoms with E-state index >= 15 is 0 Å². The quantitative estimate of drug-likeness (QED) is 0.706. The van der Waals surface area contributed by atoms with Crippen molar-refractivity contribution >= 4 is 35.1 Å². The maximum atomic E-state index is 5.92. The first kappa shape index (κ1) is 11.4. The smallest absolute Gasteiger partial charge is 0.0411 e. The number of hydrogen-bond donors (Lipinski definition) is 0. The SMILES string of the molecule is CCc1ccc(/C=C/c2cccc(Cl)c2)s1. The van der Waals surface area contributed by atoms with Gasteiger partial charge in [0.1, 0.15) is 0 Å². The molecule has 1 heterocycles. The average molecular weight is 249 g/mol. The molecule has 1 aromatic carbocycles. The summed E-state index contributed by atoms with van der Waals surface area (Å²) in [5.41, 5.74) is 1.14. The molecule has 0 saturated heterocycles. The molecule has 0 nitrogen and oxygen atoms in total. The summed E-state index contributed by atoms with van der Waals surface area (Å²) in [4.78, 5) is 2.71. The van der Waals surface area contributed by atoms with Crippen molar-refractivity contribution in [3.63, 3.8) is 0 Å². The minimum atomic E-state index is 0.780. The molecule has 0 saturated carbocycles. The molecule has 0 amide bonds. The summed E-state index contributed by atoms with van der Waals surface area (Å²) in [6.45, 7) is 2.18. The molecule has 82 valence electrons. The topological polar surface area (TPSA) is 0 Å². The van der Waals surface area contributed by atoms with Gasteiger partial charge in [0, 0.05) is 14.8 Å². The zero-order valence-corrected chi connectivity index (χ0v) is 10.7. The van der Waals surface area contributed by atoms with Gasteiger partial charge in [-0.3, -0.25) is 0 Å². The molecule has 1 aromatic heterocycles. The second kappa shape index (κ2) is 5.33. The molecule has 0 spiro atoms. The Balaban J connectivity index is 2.14. The van der Waals surface area contributed by atoms with Crippen LogP contribution >= 0.6 is 22.9 Å². The molecular formula is C14H13ClS. The lowest BCUT2D eigenvalue weighted by molar-refractivity contribution is 1.19. The molecule has 2 aromatic rings. The molecule has 0 aliphatic rings. The van der Waals surface area contributed by atoms with Crippen molar-refractivity contribution in [2.45, 2.75) is 13.3 Å². The van der Waals surface area contributed by atoms with Gasteiger partial charge in [-0.1, -0.05) is 36.7 Å². The van der Waals surface area contributed by atoms with E-state index in [-0.39, 0.29) is 0 Å². The Hall–Kier alpha value is -1.05. The van der Waals surface area contributed by atoms with Gasteiger partial charge in [0.05, 0.1) is 0 Å². The van der Waals surface area contributed by atoms with Crippen LogP contribution in [0.25, 0.3) is 12.2 Å². The van der Waals surface area contributed by atoms with Crippen LogP contribution in [0.5, 0.6) is 0 Å². The van der Waals surface area contributed by atoms with Crippen LogP contribution < -0.4 is 0 Å². The predicted octanol–water partition coefficient (Wildman–Crippen LogP) is 5.13. The lowest BCUT2D eigenvalue weighted by Gasteiger charge is -1.93.